The van der Waals surface area contributed by atoms with Crippen LogP contribution in [0.3, 0.4) is 0 Å². The van der Waals surface area contributed by atoms with Crippen molar-refractivity contribution in [2.75, 3.05) is 45.3 Å². The quantitative estimate of drug-likeness (QED) is 0.468. The van der Waals surface area contributed by atoms with Gasteiger partial charge in [-0.1, -0.05) is 12.1 Å². The minimum atomic E-state index is -3.70. The van der Waals surface area contributed by atoms with Gasteiger partial charge in [-0.2, -0.15) is 0 Å². The molecule has 0 amide bonds. The molecule has 2 aromatic carbocycles. The lowest BCUT2D eigenvalue weighted by Crippen LogP contribution is -2.25. The predicted octanol–water partition coefficient (Wildman–Crippen LogP) is 2.91. The lowest BCUT2D eigenvalue weighted by Gasteiger charge is -2.22. The molecule has 1 saturated heterocycles. The summed E-state index contributed by atoms with van der Waals surface area (Å²) in [6.07, 6.45) is 2.01. The fourth-order valence-corrected chi connectivity index (χ4v) is 4.14. The van der Waals surface area contributed by atoms with Crippen LogP contribution in [0.1, 0.15) is 23.2 Å². The lowest BCUT2D eigenvalue weighted by molar-refractivity contribution is 0.0449. The summed E-state index contributed by atoms with van der Waals surface area (Å²) in [6, 6.07) is 10.5. The fourth-order valence-electron chi connectivity index (χ4n) is 3.21. The van der Waals surface area contributed by atoms with Crippen LogP contribution in [-0.2, 0) is 14.8 Å². The number of carbonyl (C=O) groups is 1. The molecule has 162 valence electrons. The monoisotopic (exact) mass is 436 g/mol. The van der Waals surface area contributed by atoms with E-state index in [1.165, 1.54) is 38.4 Å². The Kier molecular flexibility index (Phi) is 6.94. The molecule has 0 N–H and O–H groups in total. The first-order valence-electron chi connectivity index (χ1n) is 9.66. The first kappa shape index (κ1) is 22.0. The number of rotatable bonds is 8. The minimum absolute atomic E-state index is 0.0185. The van der Waals surface area contributed by atoms with Crippen LogP contribution in [0.5, 0.6) is 5.75 Å². The summed E-state index contributed by atoms with van der Waals surface area (Å²) in [4.78, 5) is 14.8. The number of esters is 1. The van der Waals surface area contributed by atoms with Gasteiger partial charge in [-0.15, -0.1) is 0 Å². The van der Waals surface area contributed by atoms with E-state index in [4.69, 9.17) is 9.47 Å². The summed E-state index contributed by atoms with van der Waals surface area (Å²) >= 11 is 0. The Labute approximate surface area is 176 Å². The molecule has 7 nitrogen and oxygen atoms in total. The summed E-state index contributed by atoms with van der Waals surface area (Å²) in [5.41, 5.74) is 0.830. The van der Waals surface area contributed by atoms with Crippen molar-refractivity contribution in [1.29, 1.82) is 0 Å². The molecule has 9 heteroatoms. The van der Waals surface area contributed by atoms with Crippen molar-refractivity contribution in [3.8, 4) is 5.75 Å². The number of anilines is 1. The highest BCUT2D eigenvalue weighted by atomic mass is 32.2. The number of hydrogen-bond acceptors (Lipinski definition) is 6. The lowest BCUT2D eigenvalue weighted by atomic mass is 10.1. The molecule has 0 saturated carbocycles. The second-order valence-electron chi connectivity index (χ2n) is 7.08. The third-order valence-corrected chi connectivity index (χ3v) is 6.64. The second-order valence-corrected chi connectivity index (χ2v) is 9.23. The van der Waals surface area contributed by atoms with Crippen LogP contribution in [0.4, 0.5) is 10.1 Å². The van der Waals surface area contributed by atoms with E-state index in [9.17, 15) is 17.6 Å². The topological polar surface area (TPSA) is 76.2 Å². The zero-order chi connectivity index (χ0) is 21.7. The fraction of sp³-hybridized carbons (Fsp3) is 0.381. The van der Waals surface area contributed by atoms with Crippen LogP contribution in [0, 0.1) is 5.82 Å². The van der Waals surface area contributed by atoms with Gasteiger partial charge in [0.2, 0.25) is 10.0 Å². The maximum Gasteiger partial charge on any atom is 0.340 e. The van der Waals surface area contributed by atoms with Crippen molar-refractivity contribution in [2.45, 2.75) is 17.7 Å². The Balaban J connectivity index is 1.75. The standard InChI is InChI=1S/C21H25FN2O5S/c1-23(2)30(26,27)16-9-10-19(24-11-5-6-12-24)17(15-16)21(25)29-14-13-28-20-8-4-3-7-18(20)22/h3-4,7-10,15H,5-6,11-14H2,1-2H3. The molecule has 2 aromatic rings. The van der Waals surface area contributed by atoms with E-state index in [-0.39, 0.29) is 29.4 Å². The van der Waals surface area contributed by atoms with Gasteiger partial charge in [0, 0.05) is 27.2 Å². The highest BCUT2D eigenvalue weighted by Gasteiger charge is 2.25. The van der Waals surface area contributed by atoms with Gasteiger partial charge in [0.1, 0.15) is 13.2 Å². The van der Waals surface area contributed by atoms with Crippen LogP contribution >= 0.6 is 0 Å². The third kappa shape index (κ3) is 4.91. The molecule has 1 fully saturated rings. The molecular weight excluding hydrogens is 411 g/mol. The molecule has 0 aromatic heterocycles. The molecule has 0 atom stereocenters. The van der Waals surface area contributed by atoms with E-state index in [0.29, 0.717) is 5.69 Å². The van der Waals surface area contributed by atoms with Crippen molar-refractivity contribution in [1.82, 2.24) is 4.31 Å². The second kappa shape index (κ2) is 9.44. The van der Waals surface area contributed by atoms with Crippen molar-refractivity contribution in [3.63, 3.8) is 0 Å². The number of para-hydroxylation sites is 1. The summed E-state index contributed by atoms with van der Waals surface area (Å²) in [5.74, 6) is -1.07. The van der Waals surface area contributed by atoms with Gasteiger partial charge in [-0.05, 0) is 43.2 Å². The molecule has 30 heavy (non-hydrogen) atoms. The Hall–Kier alpha value is -2.65. The SMILES string of the molecule is CN(C)S(=O)(=O)c1ccc(N2CCCC2)c(C(=O)OCCOc2ccccc2F)c1. The Morgan fingerprint density at radius 2 is 1.80 bits per heavy atom. The van der Waals surface area contributed by atoms with Crippen LogP contribution in [-0.4, -0.2) is 59.1 Å². The van der Waals surface area contributed by atoms with Crippen LogP contribution in [0.25, 0.3) is 0 Å². The van der Waals surface area contributed by atoms with Gasteiger partial charge >= 0.3 is 5.97 Å². The normalized spacial score (nSPS) is 14.2. The highest BCUT2D eigenvalue weighted by Crippen LogP contribution is 2.28. The molecule has 0 bridgehead atoms. The molecule has 0 radical (unpaired) electrons. The van der Waals surface area contributed by atoms with Crippen molar-refractivity contribution >= 4 is 21.7 Å². The van der Waals surface area contributed by atoms with Crippen molar-refractivity contribution in [3.05, 3.63) is 53.8 Å². The van der Waals surface area contributed by atoms with Crippen molar-refractivity contribution in [2.24, 2.45) is 0 Å². The summed E-state index contributed by atoms with van der Waals surface area (Å²) in [6.45, 7) is 1.45. The molecule has 0 spiro atoms. The number of nitrogens with zero attached hydrogens (tertiary/aromatic N) is 2. The number of halogens is 1. The summed E-state index contributed by atoms with van der Waals surface area (Å²) in [5, 5.41) is 0. The van der Waals surface area contributed by atoms with Gasteiger partial charge in [0.05, 0.1) is 16.1 Å². The van der Waals surface area contributed by atoms with Crippen LogP contribution in [0.2, 0.25) is 0 Å². The first-order chi connectivity index (χ1) is 14.3. The largest absolute Gasteiger partial charge is 0.487 e. The van der Waals surface area contributed by atoms with E-state index < -0.39 is 21.8 Å². The Morgan fingerprint density at radius 3 is 2.47 bits per heavy atom. The Morgan fingerprint density at radius 1 is 1.10 bits per heavy atom. The molecular formula is C21H25FN2O5S. The number of ether oxygens (including phenoxy) is 2. The van der Waals surface area contributed by atoms with Crippen molar-refractivity contribution < 1.29 is 27.1 Å². The van der Waals surface area contributed by atoms with Gasteiger partial charge in [-0.25, -0.2) is 21.9 Å². The van der Waals surface area contributed by atoms with E-state index in [0.717, 1.165) is 30.2 Å². The van der Waals surface area contributed by atoms with Gasteiger partial charge in [0.25, 0.3) is 0 Å². The molecule has 0 unspecified atom stereocenters. The molecule has 1 heterocycles. The maximum absolute atomic E-state index is 13.6. The first-order valence-corrected chi connectivity index (χ1v) is 11.1. The molecule has 3 rings (SSSR count). The minimum Gasteiger partial charge on any atom is -0.487 e. The van der Waals surface area contributed by atoms with Gasteiger partial charge in [-0.3, -0.25) is 0 Å². The van der Waals surface area contributed by atoms with Gasteiger partial charge in [0.15, 0.2) is 11.6 Å². The zero-order valence-electron chi connectivity index (χ0n) is 17.0. The van der Waals surface area contributed by atoms with E-state index in [2.05, 4.69) is 0 Å². The molecule has 1 aliphatic rings. The molecule has 0 aliphatic carbocycles. The summed E-state index contributed by atoms with van der Waals surface area (Å²) in [7, 11) is -0.834. The summed E-state index contributed by atoms with van der Waals surface area (Å²) < 4.78 is 50.3. The third-order valence-electron chi connectivity index (χ3n) is 4.82. The average molecular weight is 437 g/mol. The van der Waals surface area contributed by atoms with Gasteiger partial charge < -0.3 is 14.4 Å². The molecule has 1 aliphatic heterocycles. The van der Waals surface area contributed by atoms with Crippen LogP contribution in [0.15, 0.2) is 47.4 Å². The number of sulfonamides is 1. The van der Waals surface area contributed by atoms with E-state index >= 15 is 0 Å². The number of benzene rings is 2. The zero-order valence-corrected chi connectivity index (χ0v) is 17.8. The maximum atomic E-state index is 13.6. The Bertz CT molecular complexity index is 1000. The smallest absolute Gasteiger partial charge is 0.340 e. The number of carbonyl (C=O) groups excluding carboxylic acids is 1. The predicted molar refractivity (Wildman–Crippen MR) is 111 cm³/mol. The van der Waals surface area contributed by atoms with Crippen LogP contribution < -0.4 is 9.64 Å². The average Bonchev–Trinajstić information content (AvgIpc) is 3.26. The van der Waals surface area contributed by atoms with E-state index in [1.807, 2.05) is 4.90 Å². The highest BCUT2D eigenvalue weighted by molar-refractivity contribution is 7.89. The van der Waals surface area contributed by atoms with E-state index in [1.54, 1.807) is 18.2 Å². The number of hydrogen-bond donors (Lipinski definition) is 0.